The first-order valence-corrected chi connectivity index (χ1v) is 16.0. The van der Waals surface area contributed by atoms with E-state index in [1.807, 2.05) is 0 Å². The number of unbranched alkanes of at least 4 members (excludes halogenated alkanes) is 10. The Bertz CT molecular complexity index is 398. The minimum atomic E-state index is -0.188. The van der Waals surface area contributed by atoms with E-state index in [1.54, 1.807) is 0 Å². The molecular weight excluding hydrogens is 535 g/mol. The molecule has 3 heteroatoms. The average Bonchev–Trinajstić information content (AvgIpc) is 2.62. The zero-order valence-electron chi connectivity index (χ0n) is 16.4. The van der Waals surface area contributed by atoms with E-state index in [2.05, 4.69) is 32.0 Å². The van der Waals surface area contributed by atoms with Gasteiger partial charge in [-0.15, -0.1) is 0 Å². The van der Waals surface area contributed by atoms with Gasteiger partial charge in [0.05, 0.1) is 0 Å². The fourth-order valence-corrected chi connectivity index (χ4v) is 9.14. The molecule has 1 aromatic carbocycles. The van der Waals surface area contributed by atoms with E-state index in [-0.39, 0.29) is 41.8 Å². The van der Waals surface area contributed by atoms with Crippen molar-refractivity contribution < 1.29 is 5.11 Å². The summed E-state index contributed by atoms with van der Waals surface area (Å²) < 4.78 is 5.35. The second kappa shape index (κ2) is 16.7. The van der Waals surface area contributed by atoms with E-state index >= 15 is 0 Å². The zero-order chi connectivity index (χ0) is 18.2. The van der Waals surface area contributed by atoms with Crippen LogP contribution in [0.4, 0.5) is 0 Å². The van der Waals surface area contributed by atoms with Crippen molar-refractivity contribution in [1.29, 1.82) is 0 Å². The summed E-state index contributed by atoms with van der Waals surface area (Å²) in [5, 5.41) is 10.6. The monoisotopic (exact) mass is 578 g/mol. The standard InChI is InChI=1S/C22H38OTe2/c1-3-5-7-9-11-13-18-24-20-16-15-17-21(22(20)23)25-19-14-12-10-8-6-4-2/h15-17,23H,3-14,18-19H2,1-2H3. The SMILES string of the molecule is CCCCCCCC[Te]c1cccc([Te]CCCCCCCC)c1O. The van der Waals surface area contributed by atoms with Crippen LogP contribution in [0.3, 0.4) is 0 Å². The van der Waals surface area contributed by atoms with Crippen LogP contribution in [0.2, 0.25) is 8.94 Å². The van der Waals surface area contributed by atoms with Gasteiger partial charge in [0.2, 0.25) is 0 Å². The molecule has 0 radical (unpaired) electrons. The first-order valence-electron chi connectivity index (χ1n) is 10.4. The Labute approximate surface area is 176 Å². The molecule has 0 aliphatic rings. The Kier molecular flexibility index (Phi) is 15.8. The van der Waals surface area contributed by atoms with Crippen LogP contribution < -0.4 is 7.22 Å². The van der Waals surface area contributed by atoms with Crippen molar-refractivity contribution in [2.24, 2.45) is 0 Å². The number of para-hydroxylation sites is 1. The predicted molar refractivity (Wildman–Crippen MR) is 115 cm³/mol. The normalized spacial score (nSPS) is 11.1. The molecule has 1 N–H and O–H groups in total. The van der Waals surface area contributed by atoms with Crippen LogP contribution in [0.25, 0.3) is 0 Å². The molecule has 0 fully saturated rings. The van der Waals surface area contributed by atoms with Crippen LogP contribution in [0, 0.1) is 0 Å². The zero-order valence-corrected chi connectivity index (χ0v) is 21.1. The maximum atomic E-state index is 10.6. The van der Waals surface area contributed by atoms with Gasteiger partial charge in [-0.1, -0.05) is 0 Å². The summed E-state index contributed by atoms with van der Waals surface area (Å²) in [7, 11) is 0. The quantitative estimate of drug-likeness (QED) is 0.201. The number of aromatic hydroxyl groups is 1. The number of hydrogen-bond acceptors (Lipinski definition) is 1. The van der Waals surface area contributed by atoms with Gasteiger partial charge in [0.1, 0.15) is 0 Å². The number of rotatable bonds is 16. The summed E-state index contributed by atoms with van der Waals surface area (Å²) in [5.41, 5.74) is 0. The van der Waals surface area contributed by atoms with Crippen LogP contribution in [0.1, 0.15) is 90.9 Å². The molecule has 0 aliphatic heterocycles. The number of hydrogen-bond donors (Lipinski definition) is 1. The molecule has 0 aromatic heterocycles. The van der Waals surface area contributed by atoms with Crippen LogP contribution in [0.5, 0.6) is 5.75 Å². The molecule has 1 nitrogen and oxygen atoms in total. The Morgan fingerprint density at radius 3 is 1.48 bits per heavy atom. The number of benzene rings is 1. The maximum absolute atomic E-state index is 10.6. The van der Waals surface area contributed by atoms with Gasteiger partial charge in [0, 0.05) is 0 Å². The van der Waals surface area contributed by atoms with E-state index in [9.17, 15) is 5.11 Å². The van der Waals surface area contributed by atoms with Gasteiger partial charge < -0.3 is 0 Å². The van der Waals surface area contributed by atoms with Gasteiger partial charge in [0.25, 0.3) is 0 Å². The van der Waals surface area contributed by atoms with E-state index in [0.717, 1.165) is 0 Å². The first kappa shape index (κ1) is 23.6. The predicted octanol–water partition coefficient (Wildman–Crippen LogP) is 5.61. The minimum absolute atomic E-state index is 0.188. The average molecular weight is 574 g/mol. The number of phenolic OH excluding ortho intramolecular Hbond substituents is 1. The van der Waals surface area contributed by atoms with Crippen molar-refractivity contribution in [3.63, 3.8) is 0 Å². The molecular formula is C22H38OTe2. The first-order chi connectivity index (χ1) is 12.3. The molecule has 25 heavy (non-hydrogen) atoms. The van der Waals surface area contributed by atoms with E-state index in [0.29, 0.717) is 5.75 Å². The second-order valence-electron chi connectivity index (χ2n) is 6.84. The molecule has 0 spiro atoms. The summed E-state index contributed by atoms with van der Waals surface area (Å²) in [6, 6.07) is 6.58. The third kappa shape index (κ3) is 11.8. The molecule has 1 rings (SSSR count). The molecule has 0 bridgehead atoms. The summed E-state index contributed by atoms with van der Waals surface area (Å²) in [4.78, 5) is 0. The van der Waals surface area contributed by atoms with Gasteiger partial charge in [0.15, 0.2) is 0 Å². The van der Waals surface area contributed by atoms with Crippen molar-refractivity contribution in [2.75, 3.05) is 0 Å². The molecule has 0 saturated carbocycles. The summed E-state index contributed by atoms with van der Waals surface area (Å²) in [6.07, 6.45) is 16.6. The van der Waals surface area contributed by atoms with Crippen LogP contribution in [-0.2, 0) is 0 Å². The van der Waals surface area contributed by atoms with Crippen molar-refractivity contribution in [1.82, 2.24) is 0 Å². The Hall–Kier alpha value is 0.599. The Morgan fingerprint density at radius 1 is 0.640 bits per heavy atom. The third-order valence-electron chi connectivity index (χ3n) is 4.47. The van der Waals surface area contributed by atoms with Crippen molar-refractivity contribution >= 4 is 49.1 Å². The van der Waals surface area contributed by atoms with Gasteiger partial charge in [-0.05, 0) is 0 Å². The topological polar surface area (TPSA) is 20.2 Å². The van der Waals surface area contributed by atoms with Crippen molar-refractivity contribution in [3.05, 3.63) is 18.2 Å². The molecule has 144 valence electrons. The second-order valence-corrected chi connectivity index (χ2v) is 13.3. The molecule has 0 atom stereocenters. The number of phenols is 1. The summed E-state index contributed by atoms with van der Waals surface area (Å²) in [5.74, 6) is 0.698. The Balaban J connectivity index is 2.21. The van der Waals surface area contributed by atoms with Gasteiger partial charge in [-0.2, -0.15) is 0 Å². The van der Waals surface area contributed by atoms with Gasteiger partial charge in [-0.25, -0.2) is 0 Å². The molecule has 0 heterocycles. The van der Waals surface area contributed by atoms with Crippen molar-refractivity contribution in [2.45, 2.75) is 99.8 Å². The fourth-order valence-electron chi connectivity index (χ4n) is 2.86. The third-order valence-corrected chi connectivity index (χ3v) is 10.9. The Morgan fingerprint density at radius 2 is 1.04 bits per heavy atom. The molecule has 0 aliphatic carbocycles. The van der Waals surface area contributed by atoms with E-state index < -0.39 is 0 Å². The summed E-state index contributed by atoms with van der Waals surface area (Å²) >= 11 is -0.376. The molecule has 0 unspecified atom stereocenters. The molecule has 0 amide bonds. The van der Waals surface area contributed by atoms with Gasteiger partial charge >= 0.3 is 178 Å². The molecule has 0 saturated heterocycles. The molecule has 1 aromatic rings. The van der Waals surface area contributed by atoms with Crippen LogP contribution >= 0.6 is 0 Å². The van der Waals surface area contributed by atoms with E-state index in [4.69, 9.17) is 0 Å². The van der Waals surface area contributed by atoms with Gasteiger partial charge in [-0.3, -0.25) is 0 Å². The fraction of sp³-hybridized carbons (Fsp3) is 0.727. The van der Waals surface area contributed by atoms with Crippen LogP contribution in [-0.4, -0.2) is 47.0 Å². The van der Waals surface area contributed by atoms with Crippen molar-refractivity contribution in [3.8, 4) is 5.75 Å². The van der Waals surface area contributed by atoms with Crippen LogP contribution in [0.15, 0.2) is 18.2 Å². The summed E-state index contributed by atoms with van der Waals surface area (Å²) in [6.45, 7) is 4.55. The van der Waals surface area contributed by atoms with E-state index in [1.165, 1.54) is 93.2 Å².